The van der Waals surface area contributed by atoms with Crippen LogP contribution in [-0.4, -0.2) is 38.2 Å². The van der Waals surface area contributed by atoms with Gasteiger partial charge >= 0.3 is 0 Å². The minimum Gasteiger partial charge on any atom is -0.497 e. The molecule has 0 aromatic heterocycles. The van der Waals surface area contributed by atoms with E-state index in [1.165, 1.54) is 0 Å². The lowest BCUT2D eigenvalue weighted by Crippen LogP contribution is -2.13. The molecule has 5 heteroatoms. The molecule has 0 spiro atoms. The molecule has 1 unspecified atom stereocenters. The molecule has 1 aromatic carbocycles. The third-order valence-corrected chi connectivity index (χ3v) is 5.15. The Morgan fingerprint density at radius 2 is 1.85 bits per heavy atom. The minimum absolute atomic E-state index is 0.170. The zero-order valence-electron chi connectivity index (χ0n) is 12.2. The molecule has 0 amide bonds. The van der Waals surface area contributed by atoms with Crippen LogP contribution in [0.15, 0.2) is 24.3 Å². The van der Waals surface area contributed by atoms with Crippen LogP contribution in [0.3, 0.4) is 0 Å². The van der Waals surface area contributed by atoms with Crippen LogP contribution in [0.1, 0.15) is 31.7 Å². The van der Waals surface area contributed by atoms with E-state index in [0.717, 1.165) is 17.7 Å². The molecule has 0 saturated heterocycles. The first-order valence-corrected chi connectivity index (χ1v) is 8.80. The van der Waals surface area contributed by atoms with Gasteiger partial charge in [-0.1, -0.05) is 19.1 Å². The highest BCUT2D eigenvalue weighted by Gasteiger charge is 2.10. The lowest BCUT2D eigenvalue weighted by Gasteiger charge is -2.10. The maximum absolute atomic E-state index is 11.3. The molecule has 1 N–H and O–H groups in total. The summed E-state index contributed by atoms with van der Waals surface area (Å²) >= 11 is 0. The predicted molar refractivity (Wildman–Crippen MR) is 80.9 cm³/mol. The summed E-state index contributed by atoms with van der Waals surface area (Å²) in [5.74, 6) is 1.16. The highest BCUT2D eigenvalue weighted by molar-refractivity contribution is 7.91. The number of methoxy groups -OCH3 is 1. The summed E-state index contributed by atoms with van der Waals surface area (Å²) in [6, 6.07) is 7.76. The van der Waals surface area contributed by atoms with Crippen molar-refractivity contribution < 1.29 is 18.3 Å². The molecule has 1 rings (SSSR count). The summed E-state index contributed by atoms with van der Waals surface area (Å²) < 4.78 is 27.7. The van der Waals surface area contributed by atoms with Gasteiger partial charge in [0.2, 0.25) is 0 Å². The largest absolute Gasteiger partial charge is 0.497 e. The van der Waals surface area contributed by atoms with E-state index >= 15 is 0 Å². The molecular weight excluding hydrogens is 276 g/mol. The molecule has 0 aliphatic heterocycles. The van der Waals surface area contributed by atoms with E-state index in [4.69, 9.17) is 4.74 Å². The zero-order chi connectivity index (χ0) is 15.0. The van der Waals surface area contributed by atoms with Crippen LogP contribution in [0.2, 0.25) is 0 Å². The first-order valence-electron chi connectivity index (χ1n) is 6.98. The van der Waals surface area contributed by atoms with Gasteiger partial charge in [-0.15, -0.1) is 0 Å². The quantitative estimate of drug-likeness (QED) is 0.759. The van der Waals surface area contributed by atoms with E-state index < -0.39 is 15.9 Å². The van der Waals surface area contributed by atoms with Crippen molar-refractivity contribution in [3.63, 3.8) is 0 Å². The summed E-state index contributed by atoms with van der Waals surface area (Å²) in [5.41, 5.74) is 1.14. The second kappa shape index (κ2) is 8.27. The Balaban J connectivity index is 2.27. The SMILES string of the molecule is CCS(=O)(=O)CCCC(O)CCc1ccc(OC)cc1. The van der Waals surface area contributed by atoms with Crippen molar-refractivity contribution >= 4 is 9.84 Å². The molecule has 0 heterocycles. The van der Waals surface area contributed by atoms with Crippen LogP contribution in [-0.2, 0) is 16.3 Å². The van der Waals surface area contributed by atoms with Gasteiger partial charge in [-0.3, -0.25) is 0 Å². The Morgan fingerprint density at radius 1 is 1.20 bits per heavy atom. The minimum atomic E-state index is -2.91. The standard InChI is InChI=1S/C15H24O4S/c1-3-20(17,18)12-4-5-14(16)9-6-13-7-10-15(19-2)11-8-13/h7-8,10-11,14,16H,3-6,9,12H2,1-2H3. The fourth-order valence-corrected chi connectivity index (χ4v) is 2.85. The van der Waals surface area contributed by atoms with Crippen LogP contribution in [0.5, 0.6) is 5.75 Å². The van der Waals surface area contributed by atoms with Crippen molar-refractivity contribution in [1.82, 2.24) is 0 Å². The van der Waals surface area contributed by atoms with Crippen LogP contribution in [0, 0.1) is 0 Å². The van der Waals surface area contributed by atoms with Crippen molar-refractivity contribution in [3.8, 4) is 5.75 Å². The summed E-state index contributed by atoms with van der Waals surface area (Å²) in [6.45, 7) is 1.65. The topological polar surface area (TPSA) is 63.6 Å². The van der Waals surface area contributed by atoms with Gasteiger partial charge < -0.3 is 9.84 Å². The Labute approximate surface area is 121 Å². The zero-order valence-corrected chi connectivity index (χ0v) is 13.0. The Bertz CT molecular complexity index is 479. The maximum Gasteiger partial charge on any atom is 0.150 e. The van der Waals surface area contributed by atoms with Gasteiger partial charge in [0.15, 0.2) is 0 Å². The van der Waals surface area contributed by atoms with Crippen LogP contribution in [0.25, 0.3) is 0 Å². The molecule has 1 aromatic rings. The van der Waals surface area contributed by atoms with Gasteiger partial charge in [0, 0.05) is 5.75 Å². The van der Waals surface area contributed by atoms with Crippen molar-refractivity contribution in [1.29, 1.82) is 0 Å². The lowest BCUT2D eigenvalue weighted by molar-refractivity contribution is 0.154. The normalized spacial score (nSPS) is 13.2. The molecule has 0 radical (unpaired) electrons. The van der Waals surface area contributed by atoms with Gasteiger partial charge in [-0.2, -0.15) is 0 Å². The predicted octanol–water partition coefficient (Wildman–Crippen LogP) is 2.20. The Morgan fingerprint density at radius 3 is 2.40 bits per heavy atom. The highest BCUT2D eigenvalue weighted by Crippen LogP contribution is 2.14. The Kier molecular flexibility index (Phi) is 7.02. The number of aryl methyl sites for hydroxylation is 1. The average molecular weight is 300 g/mol. The number of aliphatic hydroxyl groups is 1. The smallest absolute Gasteiger partial charge is 0.150 e. The van der Waals surface area contributed by atoms with Crippen molar-refractivity contribution in [2.75, 3.05) is 18.6 Å². The molecule has 0 saturated carbocycles. The van der Waals surface area contributed by atoms with Crippen LogP contribution in [0.4, 0.5) is 0 Å². The fraction of sp³-hybridized carbons (Fsp3) is 0.600. The van der Waals surface area contributed by atoms with Crippen LogP contribution < -0.4 is 4.74 Å². The van der Waals surface area contributed by atoms with Gasteiger partial charge in [-0.05, 0) is 43.4 Å². The monoisotopic (exact) mass is 300 g/mol. The molecule has 0 bridgehead atoms. The summed E-state index contributed by atoms with van der Waals surface area (Å²) in [5, 5.41) is 9.86. The number of hydrogen-bond donors (Lipinski definition) is 1. The molecule has 114 valence electrons. The second-order valence-electron chi connectivity index (χ2n) is 4.92. The fourth-order valence-electron chi connectivity index (χ4n) is 1.95. The van der Waals surface area contributed by atoms with Gasteiger partial charge in [-0.25, -0.2) is 8.42 Å². The van der Waals surface area contributed by atoms with E-state index in [1.807, 2.05) is 24.3 Å². The van der Waals surface area contributed by atoms with Crippen molar-refractivity contribution in [2.45, 2.75) is 38.7 Å². The number of ether oxygens (including phenoxy) is 1. The number of hydrogen-bond acceptors (Lipinski definition) is 4. The van der Waals surface area contributed by atoms with Crippen LogP contribution >= 0.6 is 0 Å². The third-order valence-electron chi connectivity index (χ3n) is 3.36. The molecule has 1 atom stereocenters. The Hall–Kier alpha value is -1.07. The van der Waals surface area contributed by atoms with Crippen molar-refractivity contribution in [2.24, 2.45) is 0 Å². The number of rotatable bonds is 9. The summed E-state index contributed by atoms with van der Waals surface area (Å²) in [6.07, 6.45) is 2.06. The lowest BCUT2D eigenvalue weighted by atomic mass is 10.0. The number of sulfone groups is 1. The van der Waals surface area contributed by atoms with Gasteiger partial charge in [0.25, 0.3) is 0 Å². The second-order valence-corrected chi connectivity index (χ2v) is 7.39. The third kappa shape index (κ3) is 6.39. The van der Waals surface area contributed by atoms with E-state index in [2.05, 4.69) is 0 Å². The first kappa shape index (κ1) is 17.0. The number of benzene rings is 1. The molecule has 20 heavy (non-hydrogen) atoms. The first-order chi connectivity index (χ1) is 9.46. The molecule has 0 aliphatic carbocycles. The molecule has 0 fully saturated rings. The van der Waals surface area contributed by atoms with Gasteiger partial charge in [0.05, 0.1) is 19.0 Å². The van der Waals surface area contributed by atoms with Gasteiger partial charge in [0.1, 0.15) is 15.6 Å². The van der Waals surface area contributed by atoms with E-state index in [9.17, 15) is 13.5 Å². The highest BCUT2D eigenvalue weighted by atomic mass is 32.2. The summed E-state index contributed by atoms with van der Waals surface area (Å²) in [7, 11) is -1.29. The van der Waals surface area contributed by atoms with E-state index in [-0.39, 0.29) is 11.5 Å². The average Bonchev–Trinajstić information content (AvgIpc) is 2.45. The molecule has 0 aliphatic rings. The van der Waals surface area contributed by atoms with E-state index in [0.29, 0.717) is 19.3 Å². The van der Waals surface area contributed by atoms with E-state index in [1.54, 1.807) is 14.0 Å². The van der Waals surface area contributed by atoms with Crippen molar-refractivity contribution in [3.05, 3.63) is 29.8 Å². The molecule has 4 nitrogen and oxygen atoms in total. The maximum atomic E-state index is 11.3. The number of aliphatic hydroxyl groups excluding tert-OH is 1. The summed E-state index contributed by atoms with van der Waals surface area (Å²) in [4.78, 5) is 0. The molecular formula is C15H24O4S.